The van der Waals surface area contributed by atoms with E-state index >= 15 is 0 Å². The zero-order chi connectivity index (χ0) is 16.3. The van der Waals surface area contributed by atoms with Crippen molar-refractivity contribution in [1.82, 2.24) is 9.80 Å². The maximum absolute atomic E-state index is 12.6. The van der Waals surface area contributed by atoms with Gasteiger partial charge in [-0.3, -0.25) is 9.59 Å². The molecule has 1 aromatic carbocycles. The number of halogens is 1. The number of hydrogen-bond acceptors (Lipinski definition) is 3. The van der Waals surface area contributed by atoms with Gasteiger partial charge in [-0.1, -0.05) is 23.7 Å². The van der Waals surface area contributed by atoms with Crippen LogP contribution in [0.5, 0.6) is 5.75 Å². The molecule has 2 rings (SSSR count). The zero-order valence-electron chi connectivity index (χ0n) is 13.1. The Morgan fingerprint density at radius 2 is 2.05 bits per heavy atom. The van der Waals surface area contributed by atoms with Gasteiger partial charge in [-0.15, -0.1) is 0 Å². The highest BCUT2D eigenvalue weighted by Crippen LogP contribution is 2.26. The first kappa shape index (κ1) is 16.6. The maximum atomic E-state index is 12.6. The Labute approximate surface area is 135 Å². The number of ether oxygens (including phenoxy) is 1. The third-order valence-corrected chi connectivity index (χ3v) is 4.06. The minimum Gasteiger partial charge on any atom is -0.479 e. The van der Waals surface area contributed by atoms with Crippen molar-refractivity contribution in [2.75, 3.05) is 20.6 Å². The Morgan fingerprint density at radius 1 is 1.36 bits per heavy atom. The van der Waals surface area contributed by atoms with Gasteiger partial charge in [-0.2, -0.15) is 0 Å². The van der Waals surface area contributed by atoms with Crippen molar-refractivity contribution in [1.29, 1.82) is 0 Å². The summed E-state index contributed by atoms with van der Waals surface area (Å²) in [6, 6.07) is 6.64. The molecule has 22 heavy (non-hydrogen) atoms. The third-order valence-electron chi connectivity index (χ3n) is 3.75. The normalized spacial score (nSPS) is 18.9. The molecule has 2 unspecified atom stereocenters. The van der Waals surface area contributed by atoms with Crippen LogP contribution >= 0.6 is 11.6 Å². The van der Waals surface area contributed by atoms with Crippen molar-refractivity contribution in [2.24, 2.45) is 0 Å². The molecular formula is C16H21ClN2O3. The minimum absolute atomic E-state index is 0.0456. The maximum Gasteiger partial charge on any atom is 0.264 e. The van der Waals surface area contributed by atoms with Crippen molar-refractivity contribution in [3.63, 3.8) is 0 Å². The van der Waals surface area contributed by atoms with E-state index in [9.17, 15) is 9.59 Å². The van der Waals surface area contributed by atoms with Gasteiger partial charge < -0.3 is 14.5 Å². The van der Waals surface area contributed by atoms with E-state index in [-0.39, 0.29) is 17.9 Å². The van der Waals surface area contributed by atoms with Gasteiger partial charge in [0.25, 0.3) is 5.91 Å². The number of carbonyl (C=O) groups is 2. The van der Waals surface area contributed by atoms with Crippen LogP contribution in [0.4, 0.5) is 0 Å². The van der Waals surface area contributed by atoms with Crippen LogP contribution in [-0.4, -0.2) is 54.4 Å². The van der Waals surface area contributed by atoms with Gasteiger partial charge >= 0.3 is 0 Å². The van der Waals surface area contributed by atoms with Crippen molar-refractivity contribution < 1.29 is 14.3 Å². The molecule has 0 N–H and O–H groups in total. The molecule has 1 aromatic rings. The van der Waals surface area contributed by atoms with E-state index in [0.717, 1.165) is 6.42 Å². The molecule has 0 saturated carbocycles. The Hall–Kier alpha value is -1.75. The lowest BCUT2D eigenvalue weighted by molar-refractivity contribution is -0.146. The number of benzene rings is 1. The molecule has 120 valence electrons. The molecular weight excluding hydrogens is 304 g/mol. The second-order valence-electron chi connectivity index (χ2n) is 5.61. The summed E-state index contributed by atoms with van der Waals surface area (Å²) in [6.45, 7) is 2.26. The standard InChI is InChI=1S/C16H21ClN2O3/c1-11(22-14-9-5-4-7-12(14)17)15(20)19-10-6-8-13(19)16(21)18(2)3/h4-5,7,9,11,13H,6,8,10H2,1-3H3. The summed E-state index contributed by atoms with van der Waals surface area (Å²) < 4.78 is 5.66. The zero-order valence-corrected chi connectivity index (χ0v) is 13.8. The van der Waals surface area contributed by atoms with E-state index in [4.69, 9.17) is 16.3 Å². The van der Waals surface area contributed by atoms with E-state index in [2.05, 4.69) is 0 Å². The number of hydrogen-bond donors (Lipinski definition) is 0. The fraction of sp³-hybridized carbons (Fsp3) is 0.500. The summed E-state index contributed by atoms with van der Waals surface area (Å²) in [5, 5.41) is 0.462. The summed E-state index contributed by atoms with van der Waals surface area (Å²) >= 11 is 6.04. The molecule has 1 fully saturated rings. The summed E-state index contributed by atoms with van der Waals surface area (Å²) in [5.74, 6) is 0.244. The fourth-order valence-electron chi connectivity index (χ4n) is 2.60. The predicted molar refractivity (Wildman–Crippen MR) is 85.0 cm³/mol. The SMILES string of the molecule is CC(Oc1ccccc1Cl)C(=O)N1CCCC1C(=O)N(C)C. The molecule has 0 bridgehead atoms. The molecule has 5 nitrogen and oxygen atoms in total. The summed E-state index contributed by atoms with van der Waals surface area (Å²) in [7, 11) is 3.40. The molecule has 0 aliphatic carbocycles. The molecule has 1 saturated heterocycles. The van der Waals surface area contributed by atoms with E-state index in [1.807, 2.05) is 0 Å². The van der Waals surface area contributed by atoms with Crippen LogP contribution in [0.25, 0.3) is 0 Å². The first-order chi connectivity index (χ1) is 10.4. The predicted octanol–water partition coefficient (Wildman–Crippen LogP) is 2.19. The van der Waals surface area contributed by atoms with E-state index in [1.165, 1.54) is 4.90 Å². The topological polar surface area (TPSA) is 49.9 Å². The van der Waals surface area contributed by atoms with Gasteiger partial charge in [-0.25, -0.2) is 0 Å². The van der Waals surface area contributed by atoms with Crippen LogP contribution in [0.2, 0.25) is 5.02 Å². The average molecular weight is 325 g/mol. The Balaban J connectivity index is 2.07. The minimum atomic E-state index is -0.685. The Morgan fingerprint density at radius 3 is 2.68 bits per heavy atom. The Kier molecular flexibility index (Phi) is 5.29. The molecule has 0 spiro atoms. The number of likely N-dealkylation sites (N-methyl/N-ethyl adjacent to an activating group) is 1. The second-order valence-corrected chi connectivity index (χ2v) is 6.02. The monoisotopic (exact) mass is 324 g/mol. The molecule has 1 aliphatic heterocycles. The van der Waals surface area contributed by atoms with Crippen LogP contribution in [0.1, 0.15) is 19.8 Å². The molecule has 6 heteroatoms. The lowest BCUT2D eigenvalue weighted by Gasteiger charge is -2.28. The fourth-order valence-corrected chi connectivity index (χ4v) is 2.78. The van der Waals surface area contributed by atoms with Crippen molar-refractivity contribution in [2.45, 2.75) is 31.9 Å². The number of likely N-dealkylation sites (tertiary alicyclic amines) is 1. The van der Waals surface area contributed by atoms with Gasteiger partial charge in [0.05, 0.1) is 5.02 Å². The number of para-hydroxylation sites is 1. The largest absolute Gasteiger partial charge is 0.479 e. The smallest absolute Gasteiger partial charge is 0.264 e. The first-order valence-electron chi connectivity index (χ1n) is 7.34. The third kappa shape index (κ3) is 3.53. The highest BCUT2D eigenvalue weighted by molar-refractivity contribution is 6.32. The van der Waals surface area contributed by atoms with Crippen LogP contribution in [0.15, 0.2) is 24.3 Å². The summed E-state index contributed by atoms with van der Waals surface area (Å²) in [6.07, 6.45) is 0.839. The first-order valence-corrected chi connectivity index (χ1v) is 7.72. The van der Waals surface area contributed by atoms with Gasteiger partial charge in [0, 0.05) is 20.6 Å². The molecule has 1 aliphatic rings. The highest BCUT2D eigenvalue weighted by Gasteiger charge is 2.37. The van der Waals surface area contributed by atoms with Crippen molar-refractivity contribution in [3.05, 3.63) is 29.3 Å². The lowest BCUT2D eigenvalue weighted by atomic mass is 10.2. The van der Waals surface area contributed by atoms with Crippen LogP contribution in [0.3, 0.4) is 0 Å². The second kappa shape index (κ2) is 7.01. The number of carbonyl (C=O) groups excluding carboxylic acids is 2. The van der Waals surface area contributed by atoms with Crippen LogP contribution in [-0.2, 0) is 9.59 Å². The van der Waals surface area contributed by atoms with E-state index < -0.39 is 6.10 Å². The van der Waals surface area contributed by atoms with Crippen LogP contribution < -0.4 is 4.74 Å². The summed E-state index contributed by atoms with van der Waals surface area (Å²) in [4.78, 5) is 27.9. The quantitative estimate of drug-likeness (QED) is 0.853. The average Bonchev–Trinajstić information content (AvgIpc) is 2.97. The molecule has 0 aromatic heterocycles. The van der Waals surface area contributed by atoms with Gasteiger partial charge in [-0.05, 0) is 31.9 Å². The van der Waals surface area contributed by atoms with Gasteiger partial charge in [0.15, 0.2) is 6.10 Å². The molecule has 1 heterocycles. The van der Waals surface area contributed by atoms with Gasteiger partial charge in [0.1, 0.15) is 11.8 Å². The summed E-state index contributed by atoms with van der Waals surface area (Å²) in [5.41, 5.74) is 0. The number of rotatable bonds is 4. The van der Waals surface area contributed by atoms with Gasteiger partial charge in [0.2, 0.25) is 5.91 Å². The lowest BCUT2D eigenvalue weighted by Crippen LogP contribution is -2.49. The number of nitrogens with zero attached hydrogens (tertiary/aromatic N) is 2. The van der Waals surface area contributed by atoms with Crippen LogP contribution in [0, 0.1) is 0 Å². The van der Waals surface area contributed by atoms with E-state index in [1.54, 1.807) is 50.2 Å². The van der Waals surface area contributed by atoms with Crippen molar-refractivity contribution >= 4 is 23.4 Å². The molecule has 2 amide bonds. The number of amides is 2. The highest BCUT2D eigenvalue weighted by atomic mass is 35.5. The van der Waals surface area contributed by atoms with E-state index in [0.29, 0.717) is 23.7 Å². The molecule has 0 radical (unpaired) electrons. The molecule has 2 atom stereocenters. The van der Waals surface area contributed by atoms with Crippen molar-refractivity contribution in [3.8, 4) is 5.75 Å². The Bertz CT molecular complexity index is 562.